The van der Waals surface area contributed by atoms with E-state index >= 15 is 0 Å². The summed E-state index contributed by atoms with van der Waals surface area (Å²) >= 11 is 2.27. The van der Waals surface area contributed by atoms with Gasteiger partial charge < -0.3 is 10.7 Å². The molecule has 0 saturated heterocycles. The molecule has 4 aromatic rings. The summed E-state index contributed by atoms with van der Waals surface area (Å²) < 4.78 is 31.0. The van der Waals surface area contributed by atoms with Crippen LogP contribution in [0.3, 0.4) is 0 Å². The number of nitrogens with one attached hydrogen (secondary N) is 1. The number of allylic oxidation sites excluding steroid dienone is 3. The van der Waals surface area contributed by atoms with Crippen LogP contribution in [0.4, 0.5) is 8.78 Å². The number of halogens is 3. The van der Waals surface area contributed by atoms with Gasteiger partial charge in [-0.3, -0.25) is 4.68 Å². The summed E-state index contributed by atoms with van der Waals surface area (Å²) in [4.78, 5) is 3.11. The molecule has 2 aromatic heterocycles. The van der Waals surface area contributed by atoms with Crippen LogP contribution in [0.5, 0.6) is 0 Å². The second kappa shape index (κ2) is 8.43. The van der Waals surface area contributed by atoms with Gasteiger partial charge in [-0.1, -0.05) is 40.8 Å². The Morgan fingerprint density at radius 3 is 2.63 bits per heavy atom. The summed E-state index contributed by atoms with van der Waals surface area (Å²) in [7, 11) is 1.88. The van der Waals surface area contributed by atoms with Crippen LogP contribution in [0.2, 0.25) is 0 Å². The molecule has 2 aromatic carbocycles. The smallest absolute Gasteiger partial charge is 0.135 e. The van der Waals surface area contributed by atoms with Crippen molar-refractivity contribution in [2.24, 2.45) is 12.8 Å². The second-order valence-electron chi connectivity index (χ2n) is 6.79. The lowest BCUT2D eigenvalue weighted by Gasteiger charge is -2.01. The predicted octanol–water partition coefficient (Wildman–Crippen LogP) is 5.80. The molecule has 0 spiro atoms. The normalized spacial score (nSPS) is 12.3. The van der Waals surface area contributed by atoms with E-state index in [1.54, 1.807) is 6.07 Å². The Hall–Kier alpha value is -2.94. The predicted molar refractivity (Wildman–Crippen MR) is 126 cm³/mol. The molecule has 0 unspecified atom stereocenters. The molecule has 3 N–H and O–H groups in total. The lowest BCUT2D eigenvalue weighted by atomic mass is 10.1. The lowest BCUT2D eigenvalue weighted by Crippen LogP contribution is -1.94. The van der Waals surface area contributed by atoms with Crippen LogP contribution < -0.4 is 5.73 Å². The standard InChI is InChI=1S/C23H19F2IN4/c1-30-22(13-20(29-30)14(7-9-26)8-10-27)15-5-6-19-16(11-15)12-21(28-19)23-17(24)3-2-4-18(23)25/h2-8,10-13,28H,9,27H2,1H3/b10-8-,14-7+. The molecular formula is C23H19F2IN4. The zero-order valence-corrected chi connectivity index (χ0v) is 18.3. The molecule has 0 aliphatic carbocycles. The maximum absolute atomic E-state index is 14.2. The first-order chi connectivity index (χ1) is 14.5. The second-order valence-corrected chi connectivity index (χ2v) is 7.67. The number of hydrogen-bond acceptors (Lipinski definition) is 2. The van der Waals surface area contributed by atoms with E-state index in [4.69, 9.17) is 5.73 Å². The summed E-state index contributed by atoms with van der Waals surface area (Å²) in [5.41, 5.74) is 10.4. The Morgan fingerprint density at radius 2 is 1.93 bits per heavy atom. The fourth-order valence-corrected chi connectivity index (χ4v) is 3.98. The summed E-state index contributed by atoms with van der Waals surface area (Å²) in [5, 5.41) is 5.47. The van der Waals surface area contributed by atoms with Gasteiger partial charge in [0.05, 0.1) is 22.6 Å². The lowest BCUT2D eigenvalue weighted by molar-refractivity contribution is 0.589. The maximum atomic E-state index is 14.2. The third-order valence-corrected chi connectivity index (χ3v) is 5.34. The average Bonchev–Trinajstić information content (AvgIpc) is 3.30. The number of nitrogens with two attached hydrogens (primary N) is 1. The van der Waals surface area contributed by atoms with Gasteiger partial charge >= 0.3 is 0 Å². The monoisotopic (exact) mass is 516 g/mol. The molecule has 4 rings (SSSR count). The third kappa shape index (κ3) is 3.77. The largest absolute Gasteiger partial charge is 0.405 e. The van der Waals surface area contributed by atoms with E-state index in [1.807, 2.05) is 42.1 Å². The molecule has 0 fully saturated rings. The van der Waals surface area contributed by atoms with Gasteiger partial charge in [-0.25, -0.2) is 8.78 Å². The van der Waals surface area contributed by atoms with Gasteiger partial charge in [0.25, 0.3) is 0 Å². The van der Waals surface area contributed by atoms with Crippen molar-refractivity contribution in [2.75, 3.05) is 4.43 Å². The highest BCUT2D eigenvalue weighted by atomic mass is 127. The van der Waals surface area contributed by atoms with Gasteiger partial charge in [-0.2, -0.15) is 5.10 Å². The quantitative estimate of drug-likeness (QED) is 0.200. The van der Waals surface area contributed by atoms with Gasteiger partial charge in [0.1, 0.15) is 11.6 Å². The van der Waals surface area contributed by atoms with Crippen molar-refractivity contribution in [3.05, 3.63) is 84.2 Å². The Kier molecular flexibility index (Phi) is 5.72. The van der Waals surface area contributed by atoms with Crippen LogP contribution in [0.25, 0.3) is 39.0 Å². The van der Waals surface area contributed by atoms with Crippen LogP contribution in [0.15, 0.2) is 66.9 Å². The van der Waals surface area contributed by atoms with E-state index in [-0.39, 0.29) is 5.56 Å². The zero-order chi connectivity index (χ0) is 21.3. The van der Waals surface area contributed by atoms with Crippen molar-refractivity contribution < 1.29 is 8.78 Å². The number of fused-ring (bicyclic) bond motifs is 1. The molecule has 0 saturated carbocycles. The van der Waals surface area contributed by atoms with Crippen molar-refractivity contribution >= 4 is 39.1 Å². The number of rotatable bonds is 5. The van der Waals surface area contributed by atoms with Crippen LogP contribution in [-0.2, 0) is 7.05 Å². The Labute approximate surface area is 186 Å². The number of benzene rings is 2. The topological polar surface area (TPSA) is 59.6 Å². The van der Waals surface area contributed by atoms with Crippen LogP contribution in [0.1, 0.15) is 5.69 Å². The van der Waals surface area contributed by atoms with Gasteiger partial charge in [0.2, 0.25) is 0 Å². The number of alkyl halides is 1. The van der Waals surface area contributed by atoms with Crippen molar-refractivity contribution in [3.63, 3.8) is 0 Å². The summed E-state index contributed by atoms with van der Waals surface area (Å²) in [6.45, 7) is 0. The first-order valence-electron chi connectivity index (χ1n) is 9.28. The molecule has 2 heterocycles. The summed E-state index contributed by atoms with van der Waals surface area (Å²) in [6.07, 6.45) is 5.39. The molecule has 0 bridgehead atoms. The van der Waals surface area contributed by atoms with E-state index in [9.17, 15) is 8.78 Å². The van der Waals surface area contributed by atoms with Crippen molar-refractivity contribution in [3.8, 4) is 22.5 Å². The highest BCUT2D eigenvalue weighted by Crippen LogP contribution is 2.32. The highest BCUT2D eigenvalue weighted by Gasteiger charge is 2.15. The van der Waals surface area contributed by atoms with E-state index in [1.165, 1.54) is 24.4 Å². The molecule has 4 nitrogen and oxygen atoms in total. The molecule has 30 heavy (non-hydrogen) atoms. The molecule has 0 amide bonds. The number of nitrogens with zero attached hydrogens (tertiary/aromatic N) is 2. The zero-order valence-electron chi connectivity index (χ0n) is 16.2. The first-order valence-corrected chi connectivity index (χ1v) is 10.8. The van der Waals surface area contributed by atoms with Crippen LogP contribution in [-0.4, -0.2) is 19.2 Å². The minimum Gasteiger partial charge on any atom is -0.405 e. The maximum Gasteiger partial charge on any atom is 0.135 e. The van der Waals surface area contributed by atoms with Crippen LogP contribution in [0, 0.1) is 11.6 Å². The average molecular weight is 516 g/mol. The number of hydrogen-bond donors (Lipinski definition) is 2. The summed E-state index contributed by atoms with van der Waals surface area (Å²) in [6, 6.07) is 13.5. The Balaban J connectivity index is 1.77. The molecular weight excluding hydrogens is 497 g/mol. The molecule has 0 aliphatic heterocycles. The summed E-state index contributed by atoms with van der Waals surface area (Å²) in [5.74, 6) is -1.19. The first kappa shape index (κ1) is 20.3. The number of H-pyrrole nitrogens is 1. The third-order valence-electron chi connectivity index (χ3n) is 4.90. The van der Waals surface area contributed by atoms with Crippen molar-refractivity contribution in [1.29, 1.82) is 0 Å². The minimum absolute atomic E-state index is 0.0554. The van der Waals surface area contributed by atoms with Crippen molar-refractivity contribution in [2.45, 2.75) is 0 Å². The van der Waals surface area contributed by atoms with Gasteiger partial charge in [0, 0.05) is 33.5 Å². The fraction of sp³-hybridized carbons (Fsp3) is 0.0870. The molecule has 152 valence electrons. The van der Waals surface area contributed by atoms with Gasteiger partial charge in [0.15, 0.2) is 0 Å². The molecule has 0 aliphatic rings. The SMILES string of the molecule is Cn1nc(C(/C=C\N)=C/CI)cc1-c1ccc2[nH]c(-c3c(F)cccc3F)cc2c1. The van der Waals surface area contributed by atoms with E-state index in [0.29, 0.717) is 5.69 Å². The van der Waals surface area contributed by atoms with E-state index < -0.39 is 11.6 Å². The van der Waals surface area contributed by atoms with Gasteiger partial charge in [-0.15, -0.1) is 0 Å². The van der Waals surface area contributed by atoms with Crippen molar-refractivity contribution in [1.82, 2.24) is 14.8 Å². The minimum atomic E-state index is -0.597. The van der Waals surface area contributed by atoms with Crippen LogP contribution >= 0.6 is 22.6 Å². The molecule has 0 atom stereocenters. The fourth-order valence-electron chi connectivity index (χ4n) is 3.51. The molecule has 7 heteroatoms. The van der Waals surface area contributed by atoms with E-state index in [2.05, 4.69) is 38.7 Å². The highest BCUT2D eigenvalue weighted by molar-refractivity contribution is 14.1. The van der Waals surface area contributed by atoms with Gasteiger partial charge in [-0.05, 0) is 48.7 Å². The van der Waals surface area contributed by atoms with E-state index in [0.717, 1.165) is 37.9 Å². The number of aryl methyl sites for hydroxylation is 1. The molecule has 0 radical (unpaired) electrons. The number of aromatic amines is 1. The Morgan fingerprint density at radius 1 is 1.17 bits per heavy atom. The Bertz CT molecular complexity index is 1260. The number of aromatic nitrogens is 3.